The molecule has 0 spiro atoms. The smallest absolute Gasteiger partial charge is 0.235 e. The Balaban J connectivity index is 1.42. The second-order valence-electron chi connectivity index (χ2n) is 8.16. The zero-order valence-corrected chi connectivity index (χ0v) is 17.3. The second-order valence-corrected chi connectivity index (χ2v) is 8.16. The lowest BCUT2D eigenvalue weighted by Crippen LogP contribution is -2.28. The van der Waals surface area contributed by atoms with Crippen molar-refractivity contribution in [2.45, 2.75) is 25.2 Å². The van der Waals surface area contributed by atoms with E-state index in [-0.39, 0.29) is 11.7 Å². The number of nitrogens with zero attached hydrogens (tertiary/aromatic N) is 3. The molecule has 2 aromatic carbocycles. The molecule has 1 saturated carbocycles. The van der Waals surface area contributed by atoms with E-state index in [1.54, 1.807) is 30.1 Å². The minimum atomic E-state index is -0.782. The molecule has 6 nitrogen and oxygen atoms in total. The SMILES string of the molecule is Cc1ccc(F)c(C2(C(=O)Nc3ccc(-c4ccnc5c4c(N)nn5C)cc3)CC2)c1. The third-order valence-electron chi connectivity index (χ3n) is 6.03. The summed E-state index contributed by atoms with van der Waals surface area (Å²) in [5.41, 5.74) is 9.97. The zero-order chi connectivity index (χ0) is 21.8. The number of nitrogens with one attached hydrogen (secondary N) is 1. The Kier molecular flexibility index (Phi) is 4.28. The third-order valence-corrected chi connectivity index (χ3v) is 6.03. The zero-order valence-electron chi connectivity index (χ0n) is 17.3. The molecule has 31 heavy (non-hydrogen) atoms. The molecule has 4 aromatic rings. The number of anilines is 2. The monoisotopic (exact) mass is 415 g/mol. The first kappa shape index (κ1) is 19.2. The standard InChI is InChI=1S/C24H22FN5O/c1-14-3-8-19(25)18(13-14)24(10-11-24)23(31)28-16-6-4-15(5-7-16)17-9-12-27-22-20(17)21(26)29-30(22)2/h3-9,12-13H,10-11H2,1-2H3,(H2,26,29)(H,28,31). The number of benzene rings is 2. The van der Waals surface area contributed by atoms with E-state index in [1.807, 2.05) is 37.3 Å². The highest BCUT2D eigenvalue weighted by Gasteiger charge is 2.52. The molecular formula is C24H22FN5O. The van der Waals surface area contributed by atoms with Crippen LogP contribution in [0.25, 0.3) is 22.2 Å². The van der Waals surface area contributed by atoms with E-state index in [1.165, 1.54) is 6.07 Å². The van der Waals surface area contributed by atoms with Crippen molar-refractivity contribution < 1.29 is 9.18 Å². The fourth-order valence-electron chi connectivity index (χ4n) is 4.18. The molecule has 0 unspecified atom stereocenters. The van der Waals surface area contributed by atoms with E-state index in [4.69, 9.17) is 5.73 Å². The number of nitrogen functional groups attached to an aromatic ring is 1. The molecule has 1 fully saturated rings. The van der Waals surface area contributed by atoms with E-state index in [2.05, 4.69) is 15.4 Å². The van der Waals surface area contributed by atoms with Crippen LogP contribution in [0.1, 0.15) is 24.0 Å². The lowest BCUT2D eigenvalue weighted by atomic mass is 9.93. The molecule has 0 atom stereocenters. The van der Waals surface area contributed by atoms with Crippen molar-refractivity contribution in [1.29, 1.82) is 0 Å². The largest absolute Gasteiger partial charge is 0.382 e. The first-order valence-electron chi connectivity index (χ1n) is 10.1. The maximum atomic E-state index is 14.4. The number of nitrogens with two attached hydrogens (primary N) is 1. The summed E-state index contributed by atoms with van der Waals surface area (Å²) in [7, 11) is 1.80. The number of amides is 1. The first-order valence-corrected chi connectivity index (χ1v) is 10.1. The van der Waals surface area contributed by atoms with Gasteiger partial charge in [0.2, 0.25) is 5.91 Å². The van der Waals surface area contributed by atoms with Crippen LogP contribution in [0.15, 0.2) is 54.7 Å². The Morgan fingerprint density at radius 3 is 2.61 bits per heavy atom. The van der Waals surface area contributed by atoms with Crippen LogP contribution < -0.4 is 11.1 Å². The van der Waals surface area contributed by atoms with Crippen LogP contribution in [0.5, 0.6) is 0 Å². The Bertz CT molecular complexity index is 1320. The van der Waals surface area contributed by atoms with Gasteiger partial charge in [-0.15, -0.1) is 0 Å². The van der Waals surface area contributed by atoms with E-state index < -0.39 is 5.41 Å². The number of hydrogen-bond acceptors (Lipinski definition) is 4. The van der Waals surface area contributed by atoms with Crippen molar-refractivity contribution >= 4 is 28.4 Å². The van der Waals surface area contributed by atoms with E-state index in [9.17, 15) is 9.18 Å². The maximum absolute atomic E-state index is 14.4. The van der Waals surface area contributed by atoms with E-state index in [0.29, 0.717) is 35.6 Å². The van der Waals surface area contributed by atoms with Crippen molar-refractivity contribution in [3.05, 3.63) is 71.7 Å². The number of halogens is 1. The summed E-state index contributed by atoms with van der Waals surface area (Å²) >= 11 is 0. The summed E-state index contributed by atoms with van der Waals surface area (Å²) in [5, 5.41) is 8.02. The molecule has 1 aliphatic carbocycles. The summed E-state index contributed by atoms with van der Waals surface area (Å²) in [6.45, 7) is 1.90. The predicted molar refractivity (Wildman–Crippen MR) is 119 cm³/mol. The number of rotatable bonds is 4. The van der Waals surface area contributed by atoms with Gasteiger partial charge in [0.05, 0.1) is 10.8 Å². The lowest BCUT2D eigenvalue weighted by molar-refractivity contribution is -0.118. The number of pyridine rings is 1. The van der Waals surface area contributed by atoms with E-state index in [0.717, 1.165) is 22.1 Å². The minimum absolute atomic E-state index is 0.174. The molecule has 5 rings (SSSR count). The summed E-state index contributed by atoms with van der Waals surface area (Å²) < 4.78 is 16.1. The van der Waals surface area contributed by atoms with Gasteiger partial charge >= 0.3 is 0 Å². The van der Waals surface area contributed by atoms with Crippen LogP contribution in [-0.4, -0.2) is 20.7 Å². The van der Waals surface area contributed by atoms with Crippen molar-refractivity contribution in [3.63, 3.8) is 0 Å². The summed E-state index contributed by atoms with van der Waals surface area (Å²) in [5.74, 6) is -0.0780. The number of aromatic nitrogens is 3. The van der Waals surface area contributed by atoms with Crippen molar-refractivity contribution in [2.24, 2.45) is 7.05 Å². The second kappa shape index (κ2) is 6.91. The molecule has 7 heteroatoms. The van der Waals surface area contributed by atoms with Crippen LogP contribution in [-0.2, 0) is 17.3 Å². The molecule has 0 radical (unpaired) electrons. The van der Waals surface area contributed by atoms with Crippen molar-refractivity contribution in [1.82, 2.24) is 14.8 Å². The third kappa shape index (κ3) is 3.13. The van der Waals surface area contributed by atoms with Crippen LogP contribution in [0.2, 0.25) is 0 Å². The Morgan fingerprint density at radius 1 is 1.16 bits per heavy atom. The molecular weight excluding hydrogens is 393 g/mol. The molecule has 156 valence electrons. The first-order chi connectivity index (χ1) is 14.9. The average molecular weight is 415 g/mol. The molecule has 0 saturated heterocycles. The minimum Gasteiger partial charge on any atom is -0.382 e. The van der Waals surface area contributed by atoms with Crippen LogP contribution >= 0.6 is 0 Å². The summed E-state index contributed by atoms with van der Waals surface area (Å²) in [4.78, 5) is 17.4. The molecule has 0 bridgehead atoms. The Morgan fingerprint density at radius 2 is 1.90 bits per heavy atom. The van der Waals surface area contributed by atoms with Crippen LogP contribution in [0, 0.1) is 12.7 Å². The van der Waals surface area contributed by atoms with E-state index >= 15 is 0 Å². The lowest BCUT2D eigenvalue weighted by Gasteiger charge is -2.17. The number of fused-ring (bicyclic) bond motifs is 1. The molecule has 1 amide bonds. The fourth-order valence-corrected chi connectivity index (χ4v) is 4.18. The maximum Gasteiger partial charge on any atom is 0.235 e. The highest BCUT2D eigenvalue weighted by molar-refractivity contribution is 6.02. The number of carbonyl (C=O) groups excluding carboxylic acids is 1. The highest BCUT2D eigenvalue weighted by Crippen LogP contribution is 2.50. The summed E-state index contributed by atoms with van der Waals surface area (Å²) in [6.07, 6.45) is 3.01. The van der Waals surface area contributed by atoms with Gasteiger partial charge in [-0.2, -0.15) is 5.10 Å². The number of aryl methyl sites for hydroxylation is 2. The molecule has 2 aromatic heterocycles. The van der Waals surface area contributed by atoms with Gasteiger partial charge in [0.25, 0.3) is 0 Å². The Labute approximate surface area is 178 Å². The van der Waals surface area contributed by atoms with Gasteiger partial charge in [-0.05, 0) is 55.2 Å². The van der Waals surface area contributed by atoms with Crippen molar-refractivity contribution in [3.8, 4) is 11.1 Å². The molecule has 0 aliphatic heterocycles. The van der Waals surface area contributed by atoms with Crippen LogP contribution in [0.4, 0.5) is 15.9 Å². The Hall–Kier alpha value is -3.74. The van der Waals surface area contributed by atoms with Gasteiger partial charge in [0.15, 0.2) is 11.5 Å². The number of hydrogen-bond donors (Lipinski definition) is 2. The number of carbonyl (C=O) groups is 1. The molecule has 1 aliphatic rings. The van der Waals surface area contributed by atoms with Gasteiger partial charge < -0.3 is 11.1 Å². The summed E-state index contributed by atoms with van der Waals surface area (Å²) in [6, 6.07) is 14.4. The molecule has 2 heterocycles. The van der Waals surface area contributed by atoms with Crippen molar-refractivity contribution in [2.75, 3.05) is 11.1 Å². The quantitative estimate of drug-likeness (QED) is 0.519. The van der Waals surface area contributed by atoms with Gasteiger partial charge in [0, 0.05) is 24.5 Å². The van der Waals surface area contributed by atoms with Crippen LogP contribution in [0.3, 0.4) is 0 Å². The highest BCUT2D eigenvalue weighted by atomic mass is 19.1. The topological polar surface area (TPSA) is 85.8 Å². The van der Waals surface area contributed by atoms with Gasteiger partial charge in [0.1, 0.15) is 5.82 Å². The molecule has 3 N–H and O–H groups in total. The normalized spacial score (nSPS) is 14.5. The van der Waals surface area contributed by atoms with Gasteiger partial charge in [-0.1, -0.05) is 29.8 Å². The fraction of sp³-hybridized carbons (Fsp3) is 0.208. The predicted octanol–water partition coefficient (Wildman–Crippen LogP) is 4.34. The average Bonchev–Trinajstić information content (AvgIpc) is 3.52. The van der Waals surface area contributed by atoms with Gasteiger partial charge in [-0.3, -0.25) is 4.79 Å². The van der Waals surface area contributed by atoms with Gasteiger partial charge in [-0.25, -0.2) is 14.1 Å².